The maximum Gasteiger partial charge on any atom is 0.138 e. The highest BCUT2D eigenvalue weighted by molar-refractivity contribution is 5.58. The Morgan fingerprint density at radius 1 is 1.47 bits per heavy atom. The molecule has 0 atom stereocenters. The fraction of sp³-hybridized carbons (Fsp3) is 0.462. The standard InChI is InChI=1S/C13H18N2O2/c1-2-12(14)13-4-3-11(9-15-13)17-10-5-7-16-8-6-10/h2-4,9-10H,5-8,14H2,1H3/b12-2-. The van der Waals surface area contributed by atoms with E-state index in [1.165, 1.54) is 0 Å². The van der Waals surface area contributed by atoms with Crippen LogP contribution >= 0.6 is 0 Å². The van der Waals surface area contributed by atoms with E-state index < -0.39 is 0 Å². The van der Waals surface area contributed by atoms with Crippen LogP contribution in [-0.2, 0) is 4.74 Å². The summed E-state index contributed by atoms with van der Waals surface area (Å²) in [5.74, 6) is 0.796. The topological polar surface area (TPSA) is 57.4 Å². The minimum atomic E-state index is 0.246. The zero-order valence-corrected chi connectivity index (χ0v) is 10.1. The van der Waals surface area contributed by atoms with Crippen molar-refractivity contribution in [3.63, 3.8) is 0 Å². The highest BCUT2D eigenvalue weighted by Gasteiger charge is 2.15. The zero-order valence-electron chi connectivity index (χ0n) is 10.1. The van der Waals surface area contributed by atoms with Crippen LogP contribution < -0.4 is 10.5 Å². The summed E-state index contributed by atoms with van der Waals surface area (Å²) in [7, 11) is 0. The van der Waals surface area contributed by atoms with Crippen molar-refractivity contribution in [1.29, 1.82) is 0 Å². The molecule has 0 spiro atoms. The van der Waals surface area contributed by atoms with E-state index in [-0.39, 0.29) is 6.10 Å². The van der Waals surface area contributed by atoms with Crippen LogP contribution in [0.3, 0.4) is 0 Å². The normalized spacial score (nSPS) is 18.1. The Hall–Kier alpha value is -1.55. The maximum absolute atomic E-state index is 5.82. The summed E-state index contributed by atoms with van der Waals surface area (Å²) < 4.78 is 11.1. The molecule has 1 fully saturated rings. The average molecular weight is 234 g/mol. The third-order valence-electron chi connectivity index (χ3n) is 2.81. The van der Waals surface area contributed by atoms with Gasteiger partial charge in [0.05, 0.1) is 30.8 Å². The number of ether oxygens (including phenoxy) is 2. The van der Waals surface area contributed by atoms with Gasteiger partial charge in [-0.1, -0.05) is 6.08 Å². The molecule has 1 aliphatic heterocycles. The first-order valence-corrected chi connectivity index (χ1v) is 5.92. The molecule has 4 nitrogen and oxygen atoms in total. The molecule has 1 saturated heterocycles. The van der Waals surface area contributed by atoms with Crippen LogP contribution in [-0.4, -0.2) is 24.3 Å². The van der Waals surface area contributed by atoms with Crippen molar-refractivity contribution in [2.75, 3.05) is 13.2 Å². The van der Waals surface area contributed by atoms with Crippen LogP contribution in [0.4, 0.5) is 0 Å². The third kappa shape index (κ3) is 3.20. The SMILES string of the molecule is C/C=C(\N)c1ccc(OC2CCOCC2)cn1. The van der Waals surface area contributed by atoms with Gasteiger partial charge in [0, 0.05) is 12.8 Å². The van der Waals surface area contributed by atoms with E-state index in [1.807, 2.05) is 25.1 Å². The Balaban J connectivity index is 1.97. The summed E-state index contributed by atoms with van der Waals surface area (Å²) in [5, 5.41) is 0. The fourth-order valence-electron chi connectivity index (χ4n) is 1.75. The molecule has 0 bridgehead atoms. The summed E-state index contributed by atoms with van der Waals surface area (Å²) in [6.45, 7) is 3.45. The molecule has 0 amide bonds. The molecular formula is C13H18N2O2. The monoisotopic (exact) mass is 234 g/mol. The van der Waals surface area contributed by atoms with Gasteiger partial charge in [0.2, 0.25) is 0 Å². The summed E-state index contributed by atoms with van der Waals surface area (Å²) in [6, 6.07) is 3.79. The van der Waals surface area contributed by atoms with Gasteiger partial charge < -0.3 is 15.2 Å². The number of pyridine rings is 1. The molecule has 2 heterocycles. The van der Waals surface area contributed by atoms with Gasteiger partial charge in [-0.25, -0.2) is 0 Å². The van der Waals surface area contributed by atoms with Crippen LogP contribution in [0.2, 0.25) is 0 Å². The predicted molar refractivity (Wildman–Crippen MR) is 66.5 cm³/mol. The van der Waals surface area contributed by atoms with Gasteiger partial charge >= 0.3 is 0 Å². The number of hydrogen-bond donors (Lipinski definition) is 1. The van der Waals surface area contributed by atoms with Crippen LogP contribution in [0.5, 0.6) is 5.75 Å². The Morgan fingerprint density at radius 3 is 2.82 bits per heavy atom. The highest BCUT2D eigenvalue weighted by atomic mass is 16.5. The first kappa shape index (κ1) is 11.9. The second-order valence-corrected chi connectivity index (χ2v) is 4.05. The van der Waals surface area contributed by atoms with Crippen molar-refractivity contribution in [3.8, 4) is 5.75 Å². The van der Waals surface area contributed by atoms with Crippen LogP contribution in [0.1, 0.15) is 25.5 Å². The largest absolute Gasteiger partial charge is 0.489 e. The first-order chi connectivity index (χ1) is 8.29. The minimum absolute atomic E-state index is 0.246. The van der Waals surface area contributed by atoms with Gasteiger partial charge in [0.15, 0.2) is 0 Å². The van der Waals surface area contributed by atoms with Gasteiger partial charge in [-0.3, -0.25) is 4.98 Å². The molecule has 1 aromatic heterocycles. The van der Waals surface area contributed by atoms with Crippen molar-refractivity contribution < 1.29 is 9.47 Å². The molecule has 0 saturated carbocycles. The van der Waals surface area contributed by atoms with E-state index in [9.17, 15) is 0 Å². The van der Waals surface area contributed by atoms with Gasteiger partial charge in [-0.15, -0.1) is 0 Å². The first-order valence-electron chi connectivity index (χ1n) is 5.92. The molecule has 92 valence electrons. The van der Waals surface area contributed by atoms with Crippen molar-refractivity contribution in [3.05, 3.63) is 30.1 Å². The molecule has 1 aliphatic rings. The second-order valence-electron chi connectivity index (χ2n) is 4.05. The lowest BCUT2D eigenvalue weighted by atomic mass is 10.1. The molecule has 0 aliphatic carbocycles. The van der Waals surface area contributed by atoms with Gasteiger partial charge in [-0.05, 0) is 19.1 Å². The van der Waals surface area contributed by atoms with Crippen LogP contribution in [0, 0.1) is 0 Å². The van der Waals surface area contributed by atoms with E-state index in [4.69, 9.17) is 15.2 Å². The zero-order chi connectivity index (χ0) is 12.1. The van der Waals surface area contributed by atoms with E-state index in [2.05, 4.69) is 4.98 Å². The number of nitrogens with two attached hydrogens (primary N) is 1. The molecular weight excluding hydrogens is 216 g/mol. The Bertz CT molecular complexity index is 381. The number of aromatic nitrogens is 1. The van der Waals surface area contributed by atoms with E-state index in [0.29, 0.717) is 5.70 Å². The fourth-order valence-corrected chi connectivity index (χ4v) is 1.75. The lowest BCUT2D eigenvalue weighted by Gasteiger charge is -2.23. The van der Waals surface area contributed by atoms with Crippen molar-refractivity contribution >= 4 is 5.70 Å². The summed E-state index contributed by atoms with van der Waals surface area (Å²) in [5.41, 5.74) is 7.24. The van der Waals surface area contributed by atoms with Gasteiger partial charge in [-0.2, -0.15) is 0 Å². The molecule has 0 unspecified atom stereocenters. The van der Waals surface area contributed by atoms with Gasteiger partial charge in [0.1, 0.15) is 11.9 Å². The summed E-state index contributed by atoms with van der Waals surface area (Å²) >= 11 is 0. The second kappa shape index (κ2) is 5.68. The van der Waals surface area contributed by atoms with Crippen LogP contribution in [0.15, 0.2) is 24.4 Å². The summed E-state index contributed by atoms with van der Waals surface area (Å²) in [4.78, 5) is 4.27. The molecule has 4 heteroatoms. The van der Waals surface area contributed by atoms with E-state index in [0.717, 1.165) is 37.5 Å². The van der Waals surface area contributed by atoms with Gasteiger partial charge in [0.25, 0.3) is 0 Å². The maximum atomic E-state index is 5.82. The molecule has 1 aromatic rings. The lowest BCUT2D eigenvalue weighted by molar-refractivity contribution is 0.0254. The Kier molecular flexibility index (Phi) is 3.98. The Labute approximate surface area is 101 Å². The number of allylic oxidation sites excluding steroid dienone is 1. The number of hydrogen-bond acceptors (Lipinski definition) is 4. The van der Waals surface area contributed by atoms with Crippen molar-refractivity contribution in [2.45, 2.75) is 25.9 Å². The van der Waals surface area contributed by atoms with Crippen molar-refractivity contribution in [2.24, 2.45) is 5.73 Å². The number of nitrogens with zero attached hydrogens (tertiary/aromatic N) is 1. The molecule has 0 radical (unpaired) electrons. The Morgan fingerprint density at radius 2 is 2.24 bits per heavy atom. The minimum Gasteiger partial charge on any atom is -0.489 e. The quantitative estimate of drug-likeness (QED) is 0.868. The third-order valence-corrected chi connectivity index (χ3v) is 2.81. The number of rotatable bonds is 3. The van der Waals surface area contributed by atoms with Crippen molar-refractivity contribution in [1.82, 2.24) is 4.98 Å². The average Bonchev–Trinajstić information content (AvgIpc) is 2.40. The smallest absolute Gasteiger partial charge is 0.138 e. The lowest BCUT2D eigenvalue weighted by Crippen LogP contribution is -2.25. The van der Waals surface area contributed by atoms with E-state index in [1.54, 1.807) is 6.20 Å². The highest BCUT2D eigenvalue weighted by Crippen LogP contribution is 2.18. The molecule has 2 rings (SSSR count). The van der Waals surface area contributed by atoms with Crippen LogP contribution in [0.25, 0.3) is 5.70 Å². The molecule has 0 aromatic carbocycles. The summed E-state index contributed by atoms with van der Waals surface area (Å²) in [6.07, 6.45) is 5.69. The predicted octanol–water partition coefficient (Wildman–Crippen LogP) is 1.96. The molecule has 17 heavy (non-hydrogen) atoms. The molecule has 2 N–H and O–H groups in total. The van der Waals surface area contributed by atoms with E-state index >= 15 is 0 Å².